The Kier molecular flexibility index (Phi) is 4.35. The summed E-state index contributed by atoms with van der Waals surface area (Å²) in [5.41, 5.74) is 0.968. The molecule has 1 spiro atoms. The van der Waals surface area contributed by atoms with Crippen molar-refractivity contribution < 1.29 is 14.3 Å². The molecule has 1 aromatic heterocycles. The number of amides is 2. The first kappa shape index (κ1) is 15.9. The number of methoxy groups -OCH3 is 1. The number of nitrogens with zero attached hydrogens (tertiary/aromatic N) is 3. The summed E-state index contributed by atoms with van der Waals surface area (Å²) in [5, 5.41) is 0. The predicted octanol–water partition coefficient (Wildman–Crippen LogP) is 1.10. The number of rotatable bonds is 4. The number of hydrogen-bond donors (Lipinski definition) is 0. The standard InChI is InChI=1S/C17H23N3O3/c1-13-4-3-7-18-14(13)15(21)20-9-6-17(12-20)5-8-19(16(17)22)10-11-23-2/h3-4,7H,5-6,8-12H2,1-2H3. The molecule has 2 fully saturated rings. The number of likely N-dealkylation sites (tertiary alicyclic amines) is 2. The van der Waals surface area contributed by atoms with E-state index in [1.807, 2.05) is 24.0 Å². The first-order valence-electron chi connectivity index (χ1n) is 8.07. The van der Waals surface area contributed by atoms with Crippen LogP contribution in [0.2, 0.25) is 0 Å². The highest BCUT2D eigenvalue weighted by atomic mass is 16.5. The highest BCUT2D eigenvalue weighted by Crippen LogP contribution is 2.41. The van der Waals surface area contributed by atoms with Gasteiger partial charge in [0, 0.05) is 39.5 Å². The van der Waals surface area contributed by atoms with Gasteiger partial charge in [-0.1, -0.05) is 6.07 Å². The number of ether oxygens (including phenoxy) is 1. The molecule has 6 nitrogen and oxygen atoms in total. The second-order valence-electron chi connectivity index (χ2n) is 6.46. The summed E-state index contributed by atoms with van der Waals surface area (Å²) >= 11 is 0. The molecule has 2 saturated heterocycles. The van der Waals surface area contributed by atoms with E-state index in [1.54, 1.807) is 18.2 Å². The number of carbonyl (C=O) groups is 2. The lowest BCUT2D eigenvalue weighted by atomic mass is 9.85. The van der Waals surface area contributed by atoms with E-state index in [1.165, 1.54) is 0 Å². The van der Waals surface area contributed by atoms with Crippen LogP contribution in [-0.2, 0) is 9.53 Å². The van der Waals surface area contributed by atoms with Crippen LogP contribution in [0.3, 0.4) is 0 Å². The maximum atomic E-state index is 12.7. The molecule has 0 N–H and O–H groups in total. The minimum absolute atomic E-state index is 0.0666. The number of aromatic nitrogens is 1. The first-order chi connectivity index (χ1) is 11.1. The van der Waals surface area contributed by atoms with Gasteiger partial charge in [-0.3, -0.25) is 14.6 Å². The fraction of sp³-hybridized carbons (Fsp3) is 0.588. The van der Waals surface area contributed by atoms with Crippen molar-refractivity contribution in [3.63, 3.8) is 0 Å². The van der Waals surface area contributed by atoms with Gasteiger partial charge in [-0.15, -0.1) is 0 Å². The second kappa shape index (κ2) is 6.28. The monoisotopic (exact) mass is 317 g/mol. The van der Waals surface area contributed by atoms with Gasteiger partial charge in [0.15, 0.2) is 0 Å². The largest absolute Gasteiger partial charge is 0.383 e. The van der Waals surface area contributed by atoms with E-state index < -0.39 is 5.41 Å². The van der Waals surface area contributed by atoms with Crippen molar-refractivity contribution in [3.8, 4) is 0 Å². The highest BCUT2D eigenvalue weighted by Gasteiger charge is 2.51. The molecule has 0 aromatic carbocycles. The number of carbonyl (C=O) groups excluding carboxylic acids is 2. The van der Waals surface area contributed by atoms with Gasteiger partial charge in [0.2, 0.25) is 5.91 Å². The zero-order chi connectivity index (χ0) is 16.4. The zero-order valence-corrected chi connectivity index (χ0v) is 13.7. The summed E-state index contributed by atoms with van der Waals surface area (Å²) in [4.78, 5) is 33.3. The molecule has 0 radical (unpaired) electrons. The lowest BCUT2D eigenvalue weighted by Gasteiger charge is -2.23. The van der Waals surface area contributed by atoms with Crippen LogP contribution in [-0.4, -0.2) is 66.5 Å². The number of aryl methyl sites for hydroxylation is 1. The predicted molar refractivity (Wildman–Crippen MR) is 85.0 cm³/mol. The molecule has 6 heteroatoms. The maximum absolute atomic E-state index is 12.7. The van der Waals surface area contributed by atoms with Crippen LogP contribution in [0.1, 0.15) is 28.9 Å². The molecule has 23 heavy (non-hydrogen) atoms. The summed E-state index contributed by atoms with van der Waals surface area (Å²) in [6, 6.07) is 3.71. The van der Waals surface area contributed by atoms with Crippen LogP contribution < -0.4 is 0 Å². The molecule has 2 aliphatic heterocycles. The average molecular weight is 317 g/mol. The number of hydrogen-bond acceptors (Lipinski definition) is 4. The van der Waals surface area contributed by atoms with Gasteiger partial charge >= 0.3 is 0 Å². The van der Waals surface area contributed by atoms with Crippen LogP contribution in [0, 0.1) is 12.3 Å². The van der Waals surface area contributed by atoms with E-state index in [0.29, 0.717) is 31.9 Å². The molecule has 2 amide bonds. The summed E-state index contributed by atoms with van der Waals surface area (Å²) in [5.74, 6) is 0.103. The zero-order valence-electron chi connectivity index (χ0n) is 13.7. The van der Waals surface area contributed by atoms with Crippen molar-refractivity contribution in [2.45, 2.75) is 19.8 Å². The molecule has 124 valence electrons. The van der Waals surface area contributed by atoms with Crippen molar-refractivity contribution in [2.75, 3.05) is 39.9 Å². The molecule has 1 aromatic rings. The highest BCUT2D eigenvalue weighted by molar-refractivity contribution is 5.95. The van der Waals surface area contributed by atoms with Crippen molar-refractivity contribution in [1.82, 2.24) is 14.8 Å². The quantitative estimate of drug-likeness (QED) is 0.834. The Balaban J connectivity index is 1.70. The molecule has 2 aliphatic rings. The Morgan fingerprint density at radius 1 is 1.39 bits per heavy atom. The third kappa shape index (κ3) is 2.83. The van der Waals surface area contributed by atoms with Gasteiger partial charge < -0.3 is 14.5 Å². The van der Waals surface area contributed by atoms with Gasteiger partial charge in [-0.25, -0.2) is 0 Å². The lowest BCUT2D eigenvalue weighted by molar-refractivity contribution is -0.135. The number of pyridine rings is 1. The minimum Gasteiger partial charge on any atom is -0.383 e. The summed E-state index contributed by atoms with van der Waals surface area (Å²) in [6.07, 6.45) is 3.20. The smallest absolute Gasteiger partial charge is 0.272 e. The van der Waals surface area contributed by atoms with E-state index in [4.69, 9.17) is 4.74 Å². The Bertz CT molecular complexity index is 619. The summed E-state index contributed by atoms with van der Waals surface area (Å²) in [6.45, 7) is 4.96. The molecule has 3 rings (SSSR count). The van der Waals surface area contributed by atoms with Gasteiger partial charge in [0.05, 0.1) is 12.0 Å². The fourth-order valence-corrected chi connectivity index (χ4v) is 3.59. The van der Waals surface area contributed by atoms with Crippen molar-refractivity contribution in [3.05, 3.63) is 29.6 Å². The van der Waals surface area contributed by atoms with Crippen molar-refractivity contribution >= 4 is 11.8 Å². The van der Waals surface area contributed by atoms with E-state index >= 15 is 0 Å². The Morgan fingerprint density at radius 3 is 2.91 bits per heavy atom. The normalized spacial score (nSPS) is 24.0. The van der Waals surface area contributed by atoms with E-state index in [9.17, 15) is 9.59 Å². The van der Waals surface area contributed by atoms with E-state index in [2.05, 4.69) is 4.98 Å². The van der Waals surface area contributed by atoms with Crippen LogP contribution in [0.15, 0.2) is 18.3 Å². The van der Waals surface area contributed by atoms with Crippen molar-refractivity contribution in [1.29, 1.82) is 0 Å². The van der Waals surface area contributed by atoms with Crippen LogP contribution in [0.4, 0.5) is 0 Å². The average Bonchev–Trinajstić information content (AvgIpc) is 3.12. The topological polar surface area (TPSA) is 62.7 Å². The van der Waals surface area contributed by atoms with Crippen LogP contribution in [0.5, 0.6) is 0 Å². The molecular formula is C17H23N3O3. The van der Waals surface area contributed by atoms with Gasteiger partial charge in [-0.05, 0) is 31.4 Å². The first-order valence-corrected chi connectivity index (χ1v) is 8.07. The summed E-state index contributed by atoms with van der Waals surface area (Å²) in [7, 11) is 1.64. The third-order valence-corrected chi connectivity index (χ3v) is 5.02. The Hall–Kier alpha value is -1.95. The molecule has 0 bridgehead atoms. The van der Waals surface area contributed by atoms with Gasteiger partial charge in [0.25, 0.3) is 5.91 Å². The van der Waals surface area contributed by atoms with Gasteiger partial charge in [-0.2, -0.15) is 0 Å². The van der Waals surface area contributed by atoms with Crippen LogP contribution >= 0.6 is 0 Å². The molecular weight excluding hydrogens is 294 g/mol. The fourth-order valence-electron chi connectivity index (χ4n) is 3.59. The van der Waals surface area contributed by atoms with Crippen LogP contribution in [0.25, 0.3) is 0 Å². The lowest BCUT2D eigenvalue weighted by Crippen LogP contribution is -2.39. The Labute approximate surface area is 136 Å². The summed E-state index contributed by atoms with van der Waals surface area (Å²) < 4.78 is 5.07. The van der Waals surface area contributed by atoms with E-state index in [0.717, 1.165) is 24.9 Å². The Morgan fingerprint density at radius 2 is 2.17 bits per heavy atom. The second-order valence-corrected chi connectivity index (χ2v) is 6.46. The minimum atomic E-state index is -0.397. The molecule has 1 unspecified atom stereocenters. The van der Waals surface area contributed by atoms with Gasteiger partial charge in [0.1, 0.15) is 5.69 Å². The molecule has 1 atom stereocenters. The van der Waals surface area contributed by atoms with E-state index in [-0.39, 0.29) is 11.8 Å². The van der Waals surface area contributed by atoms with Crippen molar-refractivity contribution in [2.24, 2.45) is 5.41 Å². The molecule has 3 heterocycles. The molecule has 0 aliphatic carbocycles. The molecule has 0 saturated carbocycles. The third-order valence-electron chi connectivity index (χ3n) is 5.02. The SMILES string of the molecule is COCCN1CCC2(CCN(C(=O)c3ncccc3C)C2)C1=O. The maximum Gasteiger partial charge on any atom is 0.272 e.